The summed E-state index contributed by atoms with van der Waals surface area (Å²) in [5.41, 5.74) is -0.629. The number of benzene rings is 2. The molecular weight excluding hydrogens is 486 g/mol. The first-order valence-electron chi connectivity index (χ1n) is 11.0. The molecule has 1 heterocycles. The zero-order chi connectivity index (χ0) is 25.5. The van der Waals surface area contributed by atoms with Crippen molar-refractivity contribution in [2.24, 2.45) is 11.3 Å². The summed E-state index contributed by atoms with van der Waals surface area (Å²) in [5, 5.41) is 9.25. The Labute approximate surface area is 200 Å². The first-order chi connectivity index (χ1) is 16.5. The number of rotatable bonds is 7. The number of nitrogens with zero attached hydrogens (tertiary/aromatic N) is 2. The molecule has 0 aromatic heterocycles. The van der Waals surface area contributed by atoms with Crippen molar-refractivity contribution in [1.29, 1.82) is 5.26 Å². The predicted octanol–water partition coefficient (Wildman–Crippen LogP) is 3.68. The molecule has 1 saturated heterocycles. The number of carbonyl (C=O) groups is 1. The van der Waals surface area contributed by atoms with Gasteiger partial charge in [0.05, 0.1) is 12.1 Å². The van der Waals surface area contributed by atoms with Crippen LogP contribution in [0.2, 0.25) is 0 Å². The quantitative estimate of drug-likeness (QED) is 0.577. The standard InChI is InChI=1S/C24H23F4N3O3S/c1-14(11-29)23(32)31-12-24(5-6-24)22(30-35(33,34)13-25)20(31)9-15-3-2-4-19(21(15)28)16-7-17(26)10-18(27)8-16/h2-4,7-8,10,14,20,22,30H,5-6,9,12-13H2,1H3/t14-,20+,22-/m1/s1. The van der Waals surface area contributed by atoms with E-state index in [0.717, 1.165) is 12.1 Å². The Bertz CT molecular complexity index is 1290. The van der Waals surface area contributed by atoms with E-state index in [1.54, 1.807) is 0 Å². The Hall–Kier alpha value is -2.97. The first kappa shape index (κ1) is 25.1. The molecule has 4 rings (SSSR count). The van der Waals surface area contributed by atoms with E-state index in [0.29, 0.717) is 18.9 Å². The summed E-state index contributed by atoms with van der Waals surface area (Å²) in [4.78, 5) is 14.4. The molecule has 2 aromatic rings. The van der Waals surface area contributed by atoms with E-state index in [1.807, 2.05) is 6.07 Å². The van der Waals surface area contributed by atoms with Crippen molar-refractivity contribution in [3.05, 3.63) is 59.4 Å². The van der Waals surface area contributed by atoms with Crippen LogP contribution in [-0.4, -0.2) is 43.9 Å². The maximum absolute atomic E-state index is 15.6. The molecule has 1 aliphatic heterocycles. The van der Waals surface area contributed by atoms with Crippen LogP contribution in [0.3, 0.4) is 0 Å². The molecule has 1 aliphatic carbocycles. The van der Waals surface area contributed by atoms with Gasteiger partial charge < -0.3 is 4.90 Å². The van der Waals surface area contributed by atoms with Gasteiger partial charge in [0.2, 0.25) is 21.9 Å². The molecule has 186 valence electrons. The van der Waals surface area contributed by atoms with E-state index in [9.17, 15) is 31.6 Å². The second kappa shape index (κ2) is 9.24. The van der Waals surface area contributed by atoms with Gasteiger partial charge in [-0.3, -0.25) is 4.79 Å². The van der Waals surface area contributed by atoms with Crippen molar-refractivity contribution < 1.29 is 30.8 Å². The number of likely N-dealkylation sites (tertiary alicyclic amines) is 1. The summed E-state index contributed by atoms with van der Waals surface area (Å²) >= 11 is 0. The third kappa shape index (κ3) is 4.90. The lowest BCUT2D eigenvalue weighted by atomic mass is 9.91. The molecule has 3 atom stereocenters. The number of alkyl halides is 1. The Morgan fingerprint density at radius 3 is 2.46 bits per heavy atom. The molecule has 11 heteroatoms. The lowest BCUT2D eigenvalue weighted by Crippen LogP contribution is -2.50. The fraction of sp³-hybridized carbons (Fsp3) is 0.417. The Morgan fingerprint density at radius 2 is 1.89 bits per heavy atom. The summed E-state index contributed by atoms with van der Waals surface area (Å²) < 4.78 is 82.8. The van der Waals surface area contributed by atoms with E-state index in [2.05, 4.69) is 4.72 Å². The average Bonchev–Trinajstić information content (AvgIpc) is 3.54. The van der Waals surface area contributed by atoms with Crippen molar-refractivity contribution >= 4 is 15.9 Å². The highest BCUT2D eigenvalue weighted by atomic mass is 32.2. The maximum Gasteiger partial charge on any atom is 0.241 e. The van der Waals surface area contributed by atoms with E-state index in [-0.39, 0.29) is 29.7 Å². The van der Waals surface area contributed by atoms with Crippen LogP contribution >= 0.6 is 0 Å². The summed E-state index contributed by atoms with van der Waals surface area (Å²) in [7, 11) is -4.30. The van der Waals surface area contributed by atoms with Gasteiger partial charge in [-0.1, -0.05) is 18.2 Å². The Morgan fingerprint density at radius 1 is 1.23 bits per heavy atom. The second-order valence-electron chi connectivity index (χ2n) is 9.21. The Balaban J connectivity index is 1.75. The SMILES string of the molecule is C[C@H](C#N)C(=O)N1CC2(CC2)[C@H](NS(=O)(=O)CF)[C@@H]1Cc1cccc(-c2cc(F)cc(F)c2)c1F. The number of nitriles is 1. The molecule has 2 aliphatic rings. The minimum atomic E-state index is -4.30. The minimum Gasteiger partial charge on any atom is -0.336 e. The predicted molar refractivity (Wildman–Crippen MR) is 119 cm³/mol. The topological polar surface area (TPSA) is 90.3 Å². The lowest BCUT2D eigenvalue weighted by Gasteiger charge is -2.30. The van der Waals surface area contributed by atoms with Crippen molar-refractivity contribution in [3.8, 4) is 17.2 Å². The number of carbonyl (C=O) groups excluding carboxylic acids is 1. The molecule has 1 saturated carbocycles. The van der Waals surface area contributed by atoms with E-state index in [4.69, 9.17) is 0 Å². The number of nitrogens with one attached hydrogen (secondary N) is 1. The van der Waals surface area contributed by atoms with Crippen LogP contribution in [0, 0.1) is 40.1 Å². The lowest BCUT2D eigenvalue weighted by molar-refractivity contribution is -0.134. The smallest absolute Gasteiger partial charge is 0.241 e. The number of sulfonamides is 1. The van der Waals surface area contributed by atoms with Crippen LogP contribution < -0.4 is 4.72 Å². The molecule has 2 aromatic carbocycles. The molecule has 1 amide bonds. The number of hydrogen-bond donors (Lipinski definition) is 1. The van der Waals surface area contributed by atoms with Gasteiger partial charge >= 0.3 is 0 Å². The van der Waals surface area contributed by atoms with Crippen molar-refractivity contribution in [1.82, 2.24) is 9.62 Å². The molecular formula is C24H23F4N3O3S. The molecule has 35 heavy (non-hydrogen) atoms. The number of halogens is 4. The summed E-state index contributed by atoms with van der Waals surface area (Å²) in [5.74, 6) is -4.08. The van der Waals surface area contributed by atoms with Gasteiger partial charge in [0.15, 0.2) is 0 Å². The van der Waals surface area contributed by atoms with Crippen LogP contribution in [0.15, 0.2) is 36.4 Å². The van der Waals surface area contributed by atoms with Gasteiger partial charge in [0.25, 0.3) is 0 Å². The van der Waals surface area contributed by atoms with Crippen LogP contribution in [0.1, 0.15) is 25.3 Å². The monoisotopic (exact) mass is 509 g/mol. The van der Waals surface area contributed by atoms with Crippen LogP contribution in [0.4, 0.5) is 17.6 Å². The molecule has 6 nitrogen and oxygen atoms in total. The minimum absolute atomic E-state index is 0.0207. The van der Waals surface area contributed by atoms with Crippen molar-refractivity contribution in [2.45, 2.75) is 38.3 Å². The van der Waals surface area contributed by atoms with E-state index >= 15 is 4.39 Å². The van der Waals surface area contributed by atoms with E-state index < -0.39 is 62.8 Å². The van der Waals surface area contributed by atoms with Crippen LogP contribution in [-0.2, 0) is 21.2 Å². The van der Waals surface area contributed by atoms with Crippen molar-refractivity contribution in [2.75, 3.05) is 12.6 Å². The molecule has 1 N–H and O–H groups in total. The highest BCUT2D eigenvalue weighted by Crippen LogP contribution is 2.55. The average molecular weight is 510 g/mol. The van der Waals surface area contributed by atoms with Gasteiger partial charge in [-0.25, -0.2) is 30.7 Å². The molecule has 1 spiro atoms. The molecule has 0 unspecified atom stereocenters. The molecule has 0 bridgehead atoms. The Kier molecular flexibility index (Phi) is 6.64. The summed E-state index contributed by atoms with van der Waals surface area (Å²) in [6.07, 6.45) is 1.01. The van der Waals surface area contributed by atoms with Crippen molar-refractivity contribution in [3.63, 3.8) is 0 Å². The number of amides is 1. The highest BCUT2D eigenvalue weighted by molar-refractivity contribution is 7.89. The van der Waals surface area contributed by atoms with Gasteiger partial charge in [-0.05, 0) is 49.4 Å². The largest absolute Gasteiger partial charge is 0.336 e. The van der Waals surface area contributed by atoms with Crippen LogP contribution in [0.5, 0.6) is 0 Å². The number of hydrogen-bond acceptors (Lipinski definition) is 4. The first-order valence-corrected chi connectivity index (χ1v) is 12.7. The summed E-state index contributed by atoms with van der Waals surface area (Å²) in [6, 6.07) is 5.37. The van der Waals surface area contributed by atoms with Gasteiger partial charge in [-0.2, -0.15) is 5.26 Å². The second-order valence-corrected chi connectivity index (χ2v) is 10.9. The zero-order valence-electron chi connectivity index (χ0n) is 18.8. The van der Waals surface area contributed by atoms with Gasteiger partial charge in [0.1, 0.15) is 23.4 Å². The normalized spacial score (nSPS) is 21.7. The van der Waals surface area contributed by atoms with Gasteiger partial charge in [0, 0.05) is 29.6 Å². The van der Waals surface area contributed by atoms with E-state index in [1.165, 1.54) is 30.0 Å². The fourth-order valence-corrected chi connectivity index (χ4v) is 5.73. The third-order valence-corrected chi connectivity index (χ3v) is 7.70. The summed E-state index contributed by atoms with van der Waals surface area (Å²) in [6.45, 7) is 1.57. The molecule has 0 radical (unpaired) electrons. The van der Waals surface area contributed by atoms with Gasteiger partial charge in [-0.15, -0.1) is 0 Å². The third-order valence-electron chi connectivity index (χ3n) is 6.80. The molecule has 2 fully saturated rings. The fourth-order valence-electron chi connectivity index (χ4n) is 4.87. The van der Waals surface area contributed by atoms with Crippen LogP contribution in [0.25, 0.3) is 11.1 Å². The highest BCUT2D eigenvalue weighted by Gasteiger charge is 2.61. The maximum atomic E-state index is 15.6. The zero-order valence-corrected chi connectivity index (χ0v) is 19.6.